The highest BCUT2D eigenvalue weighted by atomic mass is 127. The van der Waals surface area contributed by atoms with E-state index in [2.05, 4.69) is 10.3 Å². The quantitative estimate of drug-likeness (QED) is 0.164. The molecule has 0 aliphatic rings. The molecule has 2 aromatic rings. The number of carbonyl (C=O) groups excluding carboxylic acids is 1. The molecule has 0 fully saturated rings. The number of nitrogens with two attached hydrogens (primary N) is 1. The van der Waals surface area contributed by atoms with Crippen LogP contribution in [0.2, 0.25) is 0 Å². The first-order valence-corrected chi connectivity index (χ1v) is 9.11. The Balaban J connectivity index is 0.00000420. The van der Waals surface area contributed by atoms with Gasteiger partial charge in [0.25, 0.3) is 0 Å². The molecule has 0 saturated heterocycles. The van der Waals surface area contributed by atoms with Gasteiger partial charge in [-0.25, -0.2) is 0 Å². The minimum Gasteiger partial charge on any atom is -0.493 e. The fraction of sp³-hybridized carbons (Fsp3) is 0.333. The zero-order valence-electron chi connectivity index (χ0n) is 16.7. The van der Waals surface area contributed by atoms with Gasteiger partial charge in [0.05, 0.1) is 14.2 Å². The number of hydrogen-bond acceptors (Lipinski definition) is 5. The van der Waals surface area contributed by atoms with Crippen LogP contribution in [0.25, 0.3) is 0 Å². The second kappa shape index (κ2) is 13.6. The van der Waals surface area contributed by atoms with Crippen LogP contribution in [0.5, 0.6) is 11.5 Å². The van der Waals surface area contributed by atoms with Crippen molar-refractivity contribution in [1.29, 1.82) is 0 Å². The van der Waals surface area contributed by atoms with Crippen LogP contribution in [0.3, 0.4) is 0 Å². The highest BCUT2D eigenvalue weighted by molar-refractivity contribution is 14.0. The third-order valence-electron chi connectivity index (χ3n) is 3.97. The molecule has 0 spiro atoms. The minimum atomic E-state index is -0.204. The Labute approximate surface area is 188 Å². The summed E-state index contributed by atoms with van der Waals surface area (Å²) < 4.78 is 15.7. The van der Waals surface area contributed by atoms with Crippen LogP contribution in [0, 0.1) is 0 Å². The number of nitrogens with zero attached hydrogens (tertiary/aromatic N) is 1. The summed E-state index contributed by atoms with van der Waals surface area (Å²) in [4.78, 5) is 16.0. The van der Waals surface area contributed by atoms with E-state index in [1.165, 1.54) is 0 Å². The van der Waals surface area contributed by atoms with Gasteiger partial charge in [-0.15, -0.1) is 24.0 Å². The molecule has 3 N–H and O–H groups in total. The normalized spacial score (nSPS) is 10.6. The lowest BCUT2D eigenvalue weighted by molar-refractivity contribution is -0.145. The second-order valence-electron chi connectivity index (χ2n) is 6.07. The number of guanidine groups is 1. The predicted molar refractivity (Wildman–Crippen MR) is 125 cm³/mol. The summed E-state index contributed by atoms with van der Waals surface area (Å²) in [5, 5.41) is 3.01. The average molecular weight is 513 g/mol. The Morgan fingerprint density at radius 3 is 2.45 bits per heavy atom. The summed E-state index contributed by atoms with van der Waals surface area (Å²) in [6.45, 7) is 0.831. The first-order valence-electron chi connectivity index (χ1n) is 9.11. The number of hydrogen-bond donors (Lipinski definition) is 2. The summed E-state index contributed by atoms with van der Waals surface area (Å²) in [7, 11) is 3.15. The zero-order valence-corrected chi connectivity index (χ0v) is 19.1. The summed E-state index contributed by atoms with van der Waals surface area (Å²) in [6.07, 6.45) is 1.81. The van der Waals surface area contributed by atoms with Crippen LogP contribution < -0.4 is 20.5 Å². The molecule has 2 rings (SSSR count). The Kier molecular flexibility index (Phi) is 11.6. The number of halogens is 1. The molecule has 8 heteroatoms. The lowest BCUT2D eigenvalue weighted by Gasteiger charge is -2.10. The molecule has 0 aliphatic heterocycles. The number of unbranched alkanes of at least 4 members (excludes halogenated alkanes) is 1. The number of benzene rings is 2. The molecule has 0 aliphatic carbocycles. The van der Waals surface area contributed by atoms with E-state index < -0.39 is 0 Å². The number of ether oxygens (including phenoxy) is 3. The van der Waals surface area contributed by atoms with Gasteiger partial charge >= 0.3 is 5.97 Å². The molecule has 2 aromatic carbocycles. The maximum Gasteiger partial charge on any atom is 0.306 e. The Morgan fingerprint density at radius 1 is 1.03 bits per heavy atom. The van der Waals surface area contributed by atoms with Crippen LogP contribution >= 0.6 is 24.0 Å². The molecule has 0 saturated carbocycles. The molecule has 7 nitrogen and oxygen atoms in total. The standard InChI is InChI=1S/C21H27N3O4.HI/c1-26-18-12-11-17(14-19(18)27-2)24-21(22)23-13-7-6-10-20(25)28-15-16-8-4-3-5-9-16;/h3-5,8-9,11-12,14H,6-7,10,13,15H2,1-2H3,(H3,22,23,24);1H. The first kappa shape index (κ1) is 24.5. The topological polar surface area (TPSA) is 95.2 Å². The van der Waals surface area contributed by atoms with Crippen molar-refractivity contribution in [2.24, 2.45) is 10.7 Å². The van der Waals surface area contributed by atoms with E-state index in [0.717, 1.165) is 17.7 Å². The lowest BCUT2D eigenvalue weighted by Crippen LogP contribution is -2.22. The van der Waals surface area contributed by atoms with Crippen molar-refractivity contribution in [2.75, 3.05) is 26.1 Å². The van der Waals surface area contributed by atoms with E-state index in [-0.39, 0.29) is 29.9 Å². The molecule has 0 atom stereocenters. The van der Waals surface area contributed by atoms with Crippen molar-refractivity contribution in [2.45, 2.75) is 25.9 Å². The van der Waals surface area contributed by atoms with E-state index in [1.807, 2.05) is 36.4 Å². The van der Waals surface area contributed by atoms with Gasteiger partial charge in [0, 0.05) is 24.7 Å². The Bertz CT molecular complexity index is 785. The van der Waals surface area contributed by atoms with E-state index in [1.54, 1.807) is 26.4 Å². The number of nitrogens with one attached hydrogen (secondary N) is 1. The molecular weight excluding hydrogens is 485 g/mol. The highest BCUT2D eigenvalue weighted by Gasteiger charge is 2.05. The molecule has 0 radical (unpaired) electrons. The molecule has 29 heavy (non-hydrogen) atoms. The largest absolute Gasteiger partial charge is 0.493 e. The van der Waals surface area contributed by atoms with Crippen molar-refractivity contribution in [3.63, 3.8) is 0 Å². The minimum absolute atomic E-state index is 0. The van der Waals surface area contributed by atoms with Gasteiger partial charge in [-0.2, -0.15) is 0 Å². The number of esters is 1. The molecule has 0 bridgehead atoms. The number of aliphatic imine (C=N–C) groups is 1. The van der Waals surface area contributed by atoms with Crippen molar-refractivity contribution in [1.82, 2.24) is 0 Å². The molecule has 0 aromatic heterocycles. The fourth-order valence-electron chi connectivity index (χ4n) is 2.49. The van der Waals surface area contributed by atoms with E-state index in [4.69, 9.17) is 19.9 Å². The summed E-state index contributed by atoms with van der Waals surface area (Å²) in [5.41, 5.74) is 7.63. The van der Waals surface area contributed by atoms with Gasteiger partial charge in [-0.1, -0.05) is 30.3 Å². The maximum atomic E-state index is 11.8. The monoisotopic (exact) mass is 513 g/mol. The van der Waals surface area contributed by atoms with Crippen molar-refractivity contribution in [3.05, 3.63) is 54.1 Å². The molecule has 0 unspecified atom stereocenters. The van der Waals surface area contributed by atoms with E-state index >= 15 is 0 Å². The number of anilines is 1. The third-order valence-corrected chi connectivity index (χ3v) is 3.97. The highest BCUT2D eigenvalue weighted by Crippen LogP contribution is 2.29. The van der Waals surface area contributed by atoms with Crippen LogP contribution in [0.4, 0.5) is 5.69 Å². The lowest BCUT2D eigenvalue weighted by atomic mass is 10.2. The van der Waals surface area contributed by atoms with Gasteiger partial charge in [-0.3, -0.25) is 9.79 Å². The molecular formula is C21H28IN3O4. The molecule has 0 amide bonds. The summed E-state index contributed by atoms with van der Waals surface area (Å²) in [5.74, 6) is 1.35. The van der Waals surface area contributed by atoms with Gasteiger partial charge in [0.1, 0.15) is 6.61 Å². The van der Waals surface area contributed by atoms with Crippen molar-refractivity contribution < 1.29 is 19.0 Å². The fourth-order valence-corrected chi connectivity index (χ4v) is 2.49. The predicted octanol–water partition coefficient (Wildman–Crippen LogP) is 3.96. The van der Waals surface area contributed by atoms with Crippen molar-refractivity contribution >= 4 is 41.6 Å². The van der Waals surface area contributed by atoms with Crippen LogP contribution in [-0.2, 0) is 16.1 Å². The number of rotatable bonds is 10. The zero-order chi connectivity index (χ0) is 20.2. The Morgan fingerprint density at radius 2 is 1.76 bits per heavy atom. The average Bonchev–Trinajstić information content (AvgIpc) is 2.72. The molecule has 0 heterocycles. The van der Waals surface area contributed by atoms with E-state index in [9.17, 15) is 4.79 Å². The summed E-state index contributed by atoms with van der Waals surface area (Å²) >= 11 is 0. The van der Waals surface area contributed by atoms with Gasteiger partial charge in [0.2, 0.25) is 0 Å². The van der Waals surface area contributed by atoms with E-state index in [0.29, 0.717) is 43.5 Å². The first-order chi connectivity index (χ1) is 13.6. The van der Waals surface area contributed by atoms with Gasteiger partial charge < -0.3 is 25.3 Å². The second-order valence-corrected chi connectivity index (χ2v) is 6.07. The van der Waals surface area contributed by atoms with Crippen molar-refractivity contribution in [3.8, 4) is 11.5 Å². The van der Waals surface area contributed by atoms with Crippen LogP contribution in [0.15, 0.2) is 53.5 Å². The smallest absolute Gasteiger partial charge is 0.306 e. The van der Waals surface area contributed by atoms with Crippen LogP contribution in [-0.4, -0.2) is 32.7 Å². The molecule has 158 valence electrons. The van der Waals surface area contributed by atoms with Gasteiger partial charge in [-0.05, 0) is 30.5 Å². The Hall–Kier alpha value is -2.49. The third kappa shape index (κ3) is 9.03. The summed E-state index contributed by atoms with van der Waals surface area (Å²) in [6, 6.07) is 15.0. The SMILES string of the molecule is COc1ccc(NC(N)=NCCCCC(=O)OCc2ccccc2)cc1OC.I. The number of methoxy groups -OCH3 is 2. The number of carbonyl (C=O) groups is 1. The maximum absolute atomic E-state index is 11.8. The van der Waals surface area contributed by atoms with Crippen LogP contribution in [0.1, 0.15) is 24.8 Å². The van der Waals surface area contributed by atoms with Gasteiger partial charge in [0.15, 0.2) is 17.5 Å².